The molecule has 0 spiro atoms. The number of rotatable bonds is 4. The van der Waals surface area contributed by atoms with Crippen LogP contribution >= 0.6 is 0 Å². The van der Waals surface area contributed by atoms with E-state index in [0.29, 0.717) is 0 Å². The van der Waals surface area contributed by atoms with Gasteiger partial charge in [-0.15, -0.1) is 0 Å². The van der Waals surface area contributed by atoms with Crippen LogP contribution in [0.1, 0.15) is 12.0 Å². The van der Waals surface area contributed by atoms with Crippen LogP contribution in [0.25, 0.3) is 65.7 Å². The van der Waals surface area contributed by atoms with Gasteiger partial charge in [0.25, 0.3) is 0 Å². The molecule has 0 radical (unpaired) electrons. The number of nitrogens with zero attached hydrogens (tertiary/aromatic N) is 1. The maximum atomic E-state index is 2.52. The molecule has 1 aliphatic rings. The van der Waals surface area contributed by atoms with Gasteiger partial charge in [-0.2, -0.15) is 0 Å². The van der Waals surface area contributed by atoms with Crippen molar-refractivity contribution >= 4 is 43.7 Å². The molecule has 9 rings (SSSR count). The molecule has 46 heavy (non-hydrogen) atoms. The summed E-state index contributed by atoms with van der Waals surface area (Å²) in [5, 5.41) is 7.79. The third-order valence-corrected chi connectivity index (χ3v) is 9.74. The summed E-state index contributed by atoms with van der Waals surface area (Å²) in [5.74, 6) is 0. The lowest BCUT2D eigenvalue weighted by molar-refractivity contribution is 0.767. The Morgan fingerprint density at radius 2 is 1.00 bits per heavy atom. The summed E-state index contributed by atoms with van der Waals surface area (Å²) in [6.45, 7) is 1.03. The minimum atomic E-state index is 1.03. The molecule has 0 saturated heterocycles. The van der Waals surface area contributed by atoms with E-state index < -0.39 is 0 Å². The predicted octanol–water partition coefficient (Wildman–Crippen LogP) is 12.2. The third kappa shape index (κ3) is 4.31. The summed E-state index contributed by atoms with van der Waals surface area (Å²) < 4.78 is 0. The molecule has 1 nitrogen and oxygen atoms in total. The number of para-hydroxylation sites is 1. The summed E-state index contributed by atoms with van der Waals surface area (Å²) in [6.07, 6.45) is 2.30. The first-order valence-corrected chi connectivity index (χ1v) is 16.3. The molecule has 0 amide bonds. The highest BCUT2D eigenvalue weighted by atomic mass is 15.1. The van der Waals surface area contributed by atoms with E-state index in [1.165, 1.54) is 82.6 Å². The Bertz CT molecular complexity index is 2370. The number of anilines is 2. The topological polar surface area (TPSA) is 3.24 Å². The molecule has 8 aromatic rings. The lowest BCUT2D eigenvalue weighted by Crippen LogP contribution is -2.24. The zero-order valence-electron chi connectivity index (χ0n) is 25.7. The van der Waals surface area contributed by atoms with E-state index in [4.69, 9.17) is 0 Å². The van der Waals surface area contributed by atoms with E-state index in [9.17, 15) is 0 Å². The highest BCUT2D eigenvalue weighted by Gasteiger charge is 2.23. The average Bonchev–Trinajstić information content (AvgIpc) is 3.15. The van der Waals surface area contributed by atoms with Crippen LogP contribution in [0.3, 0.4) is 0 Å². The minimum Gasteiger partial charge on any atom is -0.341 e. The fraction of sp³-hybridized carbons (Fsp3) is 0.0667. The number of hydrogen-bond donors (Lipinski definition) is 0. The van der Waals surface area contributed by atoms with Crippen LogP contribution in [0, 0.1) is 0 Å². The van der Waals surface area contributed by atoms with Crippen LogP contribution in [0.15, 0.2) is 164 Å². The van der Waals surface area contributed by atoms with Crippen LogP contribution in [-0.2, 0) is 6.42 Å². The van der Waals surface area contributed by atoms with Crippen LogP contribution in [-0.4, -0.2) is 6.54 Å². The molecule has 0 unspecified atom stereocenters. The molecule has 0 aliphatic carbocycles. The second kappa shape index (κ2) is 11.1. The monoisotopic (exact) mass is 587 g/mol. The van der Waals surface area contributed by atoms with E-state index in [-0.39, 0.29) is 0 Å². The Morgan fingerprint density at radius 1 is 0.413 bits per heavy atom. The zero-order chi connectivity index (χ0) is 30.5. The Balaban J connectivity index is 1.46. The maximum Gasteiger partial charge on any atom is 0.0443 e. The van der Waals surface area contributed by atoms with Gasteiger partial charge in [-0.3, -0.25) is 0 Å². The Kier molecular flexibility index (Phi) is 6.42. The van der Waals surface area contributed by atoms with Crippen molar-refractivity contribution < 1.29 is 0 Å². The van der Waals surface area contributed by atoms with Gasteiger partial charge < -0.3 is 4.90 Å². The number of benzene rings is 8. The first-order valence-electron chi connectivity index (χ1n) is 16.3. The normalized spacial score (nSPS) is 12.9. The van der Waals surface area contributed by atoms with Gasteiger partial charge in [-0.05, 0) is 108 Å². The summed E-state index contributed by atoms with van der Waals surface area (Å²) in [4.78, 5) is 2.52. The number of fused-ring (bicyclic) bond motifs is 7. The van der Waals surface area contributed by atoms with Crippen LogP contribution in [0.4, 0.5) is 11.4 Å². The lowest BCUT2D eigenvalue weighted by Gasteiger charge is -2.32. The van der Waals surface area contributed by atoms with Crippen LogP contribution in [0.5, 0.6) is 0 Å². The van der Waals surface area contributed by atoms with Gasteiger partial charge >= 0.3 is 0 Å². The van der Waals surface area contributed by atoms with Crippen molar-refractivity contribution in [2.24, 2.45) is 0 Å². The molecular formula is C45H33N. The molecule has 1 aliphatic heterocycles. The van der Waals surface area contributed by atoms with E-state index in [2.05, 4.69) is 169 Å². The molecule has 1 heteroatoms. The van der Waals surface area contributed by atoms with Crippen molar-refractivity contribution in [3.05, 3.63) is 169 Å². The highest BCUT2D eigenvalue weighted by molar-refractivity contribution is 6.33. The Labute approximate surface area is 270 Å². The predicted molar refractivity (Wildman–Crippen MR) is 197 cm³/mol. The largest absolute Gasteiger partial charge is 0.341 e. The summed E-state index contributed by atoms with van der Waals surface area (Å²) >= 11 is 0. The van der Waals surface area contributed by atoms with Gasteiger partial charge in [0.15, 0.2) is 0 Å². The molecule has 0 aromatic heterocycles. The molecule has 218 valence electrons. The van der Waals surface area contributed by atoms with Gasteiger partial charge in [0.1, 0.15) is 0 Å². The van der Waals surface area contributed by atoms with E-state index in [0.717, 1.165) is 19.4 Å². The van der Waals surface area contributed by atoms with E-state index in [1.54, 1.807) is 0 Å². The second-order valence-electron chi connectivity index (χ2n) is 12.4. The summed E-state index contributed by atoms with van der Waals surface area (Å²) in [5.41, 5.74) is 11.5. The zero-order valence-corrected chi connectivity index (χ0v) is 25.7. The van der Waals surface area contributed by atoms with Crippen molar-refractivity contribution in [2.45, 2.75) is 12.8 Å². The summed E-state index contributed by atoms with van der Waals surface area (Å²) in [6, 6.07) is 60.4. The third-order valence-electron chi connectivity index (χ3n) is 9.74. The van der Waals surface area contributed by atoms with Gasteiger partial charge in [0.05, 0.1) is 0 Å². The van der Waals surface area contributed by atoms with E-state index in [1.807, 2.05) is 0 Å². The standard InChI is InChI=1S/C45H33N/c1-4-15-31(16-5-1)39-30-40(32-17-6-2-7-18-32)44-37-24-12-11-23-36(37)41-29-35(46-28-14-22-33-19-10-13-25-42(33)46)26-27-38(41)45(44)43(39)34-20-8-3-9-21-34/h1-13,15-21,23-27,29-30H,14,22,28H2. The molecule has 0 N–H and O–H groups in total. The van der Waals surface area contributed by atoms with Gasteiger partial charge in [0.2, 0.25) is 0 Å². The van der Waals surface area contributed by atoms with E-state index >= 15 is 0 Å². The molecular weight excluding hydrogens is 555 g/mol. The van der Waals surface area contributed by atoms with Crippen molar-refractivity contribution in [2.75, 3.05) is 11.4 Å². The van der Waals surface area contributed by atoms with Gasteiger partial charge in [-0.25, -0.2) is 0 Å². The first kappa shape index (κ1) is 26.7. The molecule has 8 aromatic carbocycles. The first-order chi connectivity index (χ1) is 22.8. The fourth-order valence-corrected chi connectivity index (χ4v) is 7.71. The minimum absolute atomic E-state index is 1.03. The second-order valence-corrected chi connectivity index (χ2v) is 12.4. The SMILES string of the molecule is c1ccc(-c2cc(-c3ccccc3)c3c4ccccc4c4cc(N5CCCc6ccccc65)ccc4c3c2-c2ccccc2)cc1. The molecule has 0 saturated carbocycles. The Morgan fingerprint density at radius 3 is 1.74 bits per heavy atom. The molecule has 1 heterocycles. The van der Waals surface area contributed by atoms with Crippen molar-refractivity contribution in [3.8, 4) is 33.4 Å². The van der Waals surface area contributed by atoms with Crippen molar-refractivity contribution in [1.29, 1.82) is 0 Å². The highest BCUT2D eigenvalue weighted by Crippen LogP contribution is 2.49. The van der Waals surface area contributed by atoms with Crippen LogP contribution in [0.2, 0.25) is 0 Å². The molecule has 0 fully saturated rings. The van der Waals surface area contributed by atoms with Crippen molar-refractivity contribution in [3.63, 3.8) is 0 Å². The van der Waals surface area contributed by atoms with Crippen LogP contribution < -0.4 is 4.90 Å². The van der Waals surface area contributed by atoms with Crippen molar-refractivity contribution in [1.82, 2.24) is 0 Å². The Hall–Kier alpha value is -5.66. The number of hydrogen-bond acceptors (Lipinski definition) is 1. The molecule has 0 atom stereocenters. The number of aryl methyl sites for hydroxylation is 1. The quantitative estimate of drug-likeness (QED) is 0.185. The smallest absolute Gasteiger partial charge is 0.0443 e. The van der Waals surface area contributed by atoms with Gasteiger partial charge in [0, 0.05) is 17.9 Å². The summed E-state index contributed by atoms with van der Waals surface area (Å²) in [7, 11) is 0. The molecule has 0 bridgehead atoms. The lowest BCUT2D eigenvalue weighted by atomic mass is 9.81. The van der Waals surface area contributed by atoms with Gasteiger partial charge in [-0.1, -0.05) is 140 Å². The maximum absolute atomic E-state index is 2.52. The average molecular weight is 588 g/mol. The fourth-order valence-electron chi connectivity index (χ4n) is 7.71.